The molecule has 0 heterocycles. The molecule has 0 bridgehead atoms. The van der Waals surface area contributed by atoms with Gasteiger partial charge in [-0.25, -0.2) is 0 Å². The number of ether oxygens (including phenoxy) is 1. The lowest BCUT2D eigenvalue weighted by molar-refractivity contribution is 0.0895. The third-order valence-electron chi connectivity index (χ3n) is 2.40. The van der Waals surface area contributed by atoms with E-state index >= 15 is 0 Å². The van der Waals surface area contributed by atoms with Gasteiger partial charge in [-0.2, -0.15) is 0 Å². The lowest BCUT2D eigenvalue weighted by Gasteiger charge is -2.16. The van der Waals surface area contributed by atoms with E-state index in [-0.39, 0.29) is 24.4 Å². The number of nitrogens with one attached hydrogen (secondary N) is 1. The average molecular weight is 259 g/mol. The molecule has 0 radical (unpaired) electrons. The van der Waals surface area contributed by atoms with Crippen LogP contribution >= 0.6 is 12.4 Å². The van der Waals surface area contributed by atoms with Gasteiger partial charge in [0.1, 0.15) is 0 Å². The number of halogens is 1. The third kappa shape index (κ3) is 4.63. The van der Waals surface area contributed by atoms with Gasteiger partial charge in [0.25, 0.3) is 5.91 Å². The van der Waals surface area contributed by atoms with E-state index in [2.05, 4.69) is 5.32 Å². The number of para-hydroxylation sites is 1. The monoisotopic (exact) mass is 258 g/mol. The smallest absolute Gasteiger partial charge is 0.253 e. The fraction of sp³-hybridized carbons (Fsp3) is 0.417. The zero-order valence-electron chi connectivity index (χ0n) is 10.1. The molecule has 0 aliphatic carbocycles. The zero-order chi connectivity index (χ0) is 12.0. The number of hydrogen-bond acceptors (Lipinski definition) is 3. The van der Waals surface area contributed by atoms with E-state index in [1.807, 2.05) is 6.92 Å². The Labute approximate surface area is 108 Å². The summed E-state index contributed by atoms with van der Waals surface area (Å²) in [6, 6.07) is 7.05. The van der Waals surface area contributed by atoms with Crippen molar-refractivity contribution in [1.29, 1.82) is 0 Å². The summed E-state index contributed by atoms with van der Waals surface area (Å²) < 4.78 is 5.02. The molecule has 1 aromatic rings. The molecule has 0 aliphatic heterocycles. The van der Waals surface area contributed by atoms with Crippen molar-refractivity contribution in [3.8, 4) is 0 Å². The fourth-order valence-corrected chi connectivity index (χ4v) is 1.43. The number of hydrogen-bond donors (Lipinski definition) is 2. The van der Waals surface area contributed by atoms with Crippen molar-refractivity contribution in [3.63, 3.8) is 0 Å². The minimum atomic E-state index is -0.151. The van der Waals surface area contributed by atoms with Crippen molar-refractivity contribution in [2.75, 3.05) is 19.5 Å². The summed E-state index contributed by atoms with van der Waals surface area (Å²) in [6.45, 7) is 2.51. The maximum atomic E-state index is 11.9. The maximum Gasteiger partial charge on any atom is 0.253 e. The Morgan fingerprint density at radius 1 is 1.47 bits per heavy atom. The second-order valence-electron chi connectivity index (χ2n) is 3.62. The summed E-state index contributed by atoms with van der Waals surface area (Å²) in [5.74, 6) is -0.151. The molecule has 0 aliphatic rings. The highest BCUT2D eigenvalue weighted by molar-refractivity contribution is 5.99. The standard InChI is InChI=1S/C12H18N2O2.ClH/c1-3-9(8-16-2)14-12(15)10-6-4-5-7-11(10)13;/h4-7,9H,3,8,13H2,1-2H3,(H,14,15);1H. The summed E-state index contributed by atoms with van der Waals surface area (Å²) in [5, 5.41) is 2.88. The van der Waals surface area contributed by atoms with Crippen LogP contribution in [0, 0.1) is 0 Å². The summed E-state index contributed by atoms with van der Waals surface area (Å²) in [6.07, 6.45) is 0.826. The van der Waals surface area contributed by atoms with Gasteiger partial charge in [0.15, 0.2) is 0 Å². The molecule has 0 saturated heterocycles. The lowest BCUT2D eigenvalue weighted by atomic mass is 10.1. The van der Waals surface area contributed by atoms with E-state index in [0.29, 0.717) is 17.9 Å². The summed E-state index contributed by atoms with van der Waals surface area (Å²) in [7, 11) is 1.62. The van der Waals surface area contributed by atoms with E-state index in [9.17, 15) is 4.79 Å². The van der Waals surface area contributed by atoms with Crippen molar-refractivity contribution >= 4 is 24.0 Å². The first-order chi connectivity index (χ1) is 7.69. The molecule has 1 unspecified atom stereocenters. The second kappa shape index (κ2) is 7.92. The van der Waals surface area contributed by atoms with Crippen LogP contribution in [-0.4, -0.2) is 25.7 Å². The molecule has 1 aromatic carbocycles. The Bertz CT molecular complexity index is 358. The maximum absolute atomic E-state index is 11.9. The highest BCUT2D eigenvalue weighted by Crippen LogP contribution is 2.10. The van der Waals surface area contributed by atoms with Crippen molar-refractivity contribution in [2.24, 2.45) is 0 Å². The van der Waals surface area contributed by atoms with Crippen LogP contribution < -0.4 is 11.1 Å². The Morgan fingerprint density at radius 2 is 2.12 bits per heavy atom. The van der Waals surface area contributed by atoms with Gasteiger partial charge in [-0.15, -0.1) is 12.4 Å². The first-order valence-electron chi connectivity index (χ1n) is 5.33. The lowest BCUT2D eigenvalue weighted by Crippen LogP contribution is -2.37. The molecule has 0 saturated carbocycles. The highest BCUT2D eigenvalue weighted by atomic mass is 35.5. The van der Waals surface area contributed by atoms with Crippen LogP contribution in [0.3, 0.4) is 0 Å². The fourth-order valence-electron chi connectivity index (χ4n) is 1.43. The van der Waals surface area contributed by atoms with Crippen molar-refractivity contribution in [2.45, 2.75) is 19.4 Å². The van der Waals surface area contributed by atoms with Gasteiger partial charge in [-0.05, 0) is 18.6 Å². The van der Waals surface area contributed by atoms with Gasteiger partial charge in [-0.3, -0.25) is 4.79 Å². The molecule has 17 heavy (non-hydrogen) atoms. The van der Waals surface area contributed by atoms with E-state index in [1.165, 1.54) is 0 Å². The minimum Gasteiger partial charge on any atom is -0.398 e. The Kier molecular flexibility index (Phi) is 7.34. The van der Waals surface area contributed by atoms with Crippen LogP contribution in [0.2, 0.25) is 0 Å². The normalized spacial score (nSPS) is 11.4. The molecule has 1 atom stereocenters. The molecule has 0 fully saturated rings. The van der Waals surface area contributed by atoms with E-state index in [0.717, 1.165) is 6.42 Å². The van der Waals surface area contributed by atoms with Crippen LogP contribution in [0.1, 0.15) is 23.7 Å². The summed E-state index contributed by atoms with van der Waals surface area (Å²) in [5.41, 5.74) is 6.72. The molecule has 4 nitrogen and oxygen atoms in total. The van der Waals surface area contributed by atoms with Crippen LogP contribution in [0.25, 0.3) is 0 Å². The summed E-state index contributed by atoms with van der Waals surface area (Å²) >= 11 is 0. The number of rotatable bonds is 5. The topological polar surface area (TPSA) is 64.3 Å². The molecule has 3 N–H and O–H groups in total. The molecular formula is C12H19ClN2O2. The summed E-state index contributed by atoms with van der Waals surface area (Å²) in [4.78, 5) is 11.9. The van der Waals surface area contributed by atoms with E-state index in [1.54, 1.807) is 31.4 Å². The van der Waals surface area contributed by atoms with Crippen molar-refractivity contribution < 1.29 is 9.53 Å². The predicted molar refractivity (Wildman–Crippen MR) is 71.5 cm³/mol. The number of anilines is 1. The Morgan fingerprint density at radius 3 is 2.65 bits per heavy atom. The molecule has 1 amide bonds. The highest BCUT2D eigenvalue weighted by Gasteiger charge is 2.13. The number of carbonyl (C=O) groups excluding carboxylic acids is 1. The quantitative estimate of drug-likeness (QED) is 0.793. The van der Waals surface area contributed by atoms with Crippen LogP contribution in [0.5, 0.6) is 0 Å². The first-order valence-corrected chi connectivity index (χ1v) is 5.33. The molecule has 1 rings (SSSR count). The molecule has 0 aromatic heterocycles. The van der Waals surface area contributed by atoms with Gasteiger partial charge in [0, 0.05) is 12.8 Å². The molecule has 96 valence electrons. The zero-order valence-corrected chi connectivity index (χ0v) is 10.9. The molecule has 5 heteroatoms. The number of nitrogens with two attached hydrogens (primary N) is 1. The number of amides is 1. The predicted octanol–water partition coefficient (Wildman–Crippen LogP) is 1.85. The van der Waals surface area contributed by atoms with Gasteiger partial charge in [0.05, 0.1) is 18.2 Å². The van der Waals surface area contributed by atoms with Gasteiger partial charge < -0.3 is 15.8 Å². The number of nitrogen functional groups attached to an aromatic ring is 1. The minimum absolute atomic E-state index is 0. The van der Waals surface area contributed by atoms with Gasteiger partial charge in [-0.1, -0.05) is 19.1 Å². The Balaban J connectivity index is 0.00000256. The van der Waals surface area contributed by atoms with Gasteiger partial charge >= 0.3 is 0 Å². The Hall–Kier alpha value is -1.26. The van der Waals surface area contributed by atoms with Crippen LogP contribution in [0.15, 0.2) is 24.3 Å². The van der Waals surface area contributed by atoms with Gasteiger partial charge in [0.2, 0.25) is 0 Å². The average Bonchev–Trinajstić information content (AvgIpc) is 2.28. The second-order valence-corrected chi connectivity index (χ2v) is 3.62. The molecular weight excluding hydrogens is 240 g/mol. The van der Waals surface area contributed by atoms with Crippen LogP contribution in [-0.2, 0) is 4.74 Å². The third-order valence-corrected chi connectivity index (χ3v) is 2.40. The van der Waals surface area contributed by atoms with Crippen molar-refractivity contribution in [1.82, 2.24) is 5.32 Å². The van der Waals surface area contributed by atoms with Crippen molar-refractivity contribution in [3.05, 3.63) is 29.8 Å². The van der Waals surface area contributed by atoms with E-state index in [4.69, 9.17) is 10.5 Å². The SMILES string of the molecule is CCC(COC)NC(=O)c1ccccc1N.Cl. The molecule has 0 spiro atoms. The largest absolute Gasteiger partial charge is 0.398 e. The number of methoxy groups -OCH3 is 1. The first kappa shape index (κ1) is 15.7. The van der Waals surface area contributed by atoms with Crippen LogP contribution in [0.4, 0.5) is 5.69 Å². The number of benzene rings is 1. The number of carbonyl (C=O) groups is 1. The van der Waals surface area contributed by atoms with E-state index < -0.39 is 0 Å².